The standard InChI is InChI=1S/C11H14S/c1-3-4-7-10-8-5-6-9-11(10)12-2/h4-9H,3H2,1-2H3. The van der Waals surface area contributed by atoms with E-state index in [2.05, 4.69) is 49.6 Å². The Bertz CT molecular complexity index is 263. The van der Waals surface area contributed by atoms with Crippen LogP contribution in [0, 0.1) is 0 Å². The highest BCUT2D eigenvalue weighted by molar-refractivity contribution is 7.98. The summed E-state index contributed by atoms with van der Waals surface area (Å²) in [5, 5.41) is 0. The average molecular weight is 178 g/mol. The van der Waals surface area contributed by atoms with Crippen LogP contribution in [0.5, 0.6) is 0 Å². The van der Waals surface area contributed by atoms with Gasteiger partial charge in [0.05, 0.1) is 0 Å². The fourth-order valence-electron chi connectivity index (χ4n) is 1.05. The molecule has 0 aliphatic heterocycles. The molecular formula is C11H14S. The van der Waals surface area contributed by atoms with Crippen LogP contribution in [0.4, 0.5) is 0 Å². The molecule has 0 saturated carbocycles. The van der Waals surface area contributed by atoms with Crippen LogP contribution in [0.1, 0.15) is 18.9 Å². The molecule has 0 radical (unpaired) electrons. The van der Waals surface area contributed by atoms with Crippen LogP contribution in [0.15, 0.2) is 35.2 Å². The summed E-state index contributed by atoms with van der Waals surface area (Å²) in [5.74, 6) is 0. The first-order valence-electron chi connectivity index (χ1n) is 4.18. The second-order valence-corrected chi connectivity index (χ2v) is 3.40. The van der Waals surface area contributed by atoms with Crippen molar-refractivity contribution in [1.29, 1.82) is 0 Å². The van der Waals surface area contributed by atoms with E-state index in [-0.39, 0.29) is 0 Å². The summed E-state index contributed by atoms with van der Waals surface area (Å²) < 4.78 is 0. The quantitative estimate of drug-likeness (QED) is 0.634. The molecule has 0 atom stereocenters. The van der Waals surface area contributed by atoms with E-state index in [1.165, 1.54) is 10.5 Å². The molecule has 1 aromatic carbocycles. The van der Waals surface area contributed by atoms with Gasteiger partial charge in [-0.05, 0) is 24.3 Å². The van der Waals surface area contributed by atoms with Gasteiger partial charge in [0.25, 0.3) is 0 Å². The molecule has 0 aliphatic carbocycles. The predicted octanol–water partition coefficient (Wildman–Crippen LogP) is 3.83. The number of thioether (sulfide) groups is 1. The van der Waals surface area contributed by atoms with E-state index in [0.717, 1.165) is 6.42 Å². The number of benzene rings is 1. The van der Waals surface area contributed by atoms with E-state index in [0.29, 0.717) is 0 Å². The number of rotatable bonds is 3. The topological polar surface area (TPSA) is 0 Å². The fraction of sp³-hybridized carbons (Fsp3) is 0.273. The predicted molar refractivity (Wildman–Crippen MR) is 57.5 cm³/mol. The third-order valence-electron chi connectivity index (χ3n) is 1.67. The van der Waals surface area contributed by atoms with Gasteiger partial charge in [-0.15, -0.1) is 11.8 Å². The molecule has 1 rings (SSSR count). The highest BCUT2D eigenvalue weighted by Crippen LogP contribution is 2.20. The molecule has 0 bridgehead atoms. The van der Waals surface area contributed by atoms with Crippen LogP contribution in [0.25, 0.3) is 6.08 Å². The number of hydrogen-bond acceptors (Lipinski definition) is 1. The summed E-state index contributed by atoms with van der Waals surface area (Å²) in [6, 6.07) is 8.46. The molecule has 0 aliphatic rings. The second kappa shape index (κ2) is 5.04. The van der Waals surface area contributed by atoms with E-state index in [1.807, 2.05) is 0 Å². The monoisotopic (exact) mass is 178 g/mol. The minimum absolute atomic E-state index is 1.10. The lowest BCUT2D eigenvalue weighted by atomic mass is 10.2. The SMILES string of the molecule is CCC=Cc1ccccc1SC. The van der Waals surface area contributed by atoms with Crippen molar-refractivity contribution in [2.45, 2.75) is 18.2 Å². The zero-order valence-electron chi connectivity index (χ0n) is 7.58. The van der Waals surface area contributed by atoms with Crippen molar-refractivity contribution in [3.05, 3.63) is 35.9 Å². The maximum absolute atomic E-state index is 2.19. The van der Waals surface area contributed by atoms with E-state index < -0.39 is 0 Å². The molecule has 1 aromatic rings. The van der Waals surface area contributed by atoms with Gasteiger partial charge in [-0.3, -0.25) is 0 Å². The van der Waals surface area contributed by atoms with Crippen molar-refractivity contribution in [2.24, 2.45) is 0 Å². The average Bonchev–Trinajstić information content (AvgIpc) is 2.15. The van der Waals surface area contributed by atoms with Crippen LogP contribution < -0.4 is 0 Å². The van der Waals surface area contributed by atoms with Crippen molar-refractivity contribution >= 4 is 17.8 Å². The van der Waals surface area contributed by atoms with Crippen molar-refractivity contribution in [3.63, 3.8) is 0 Å². The van der Waals surface area contributed by atoms with Crippen LogP contribution >= 0.6 is 11.8 Å². The van der Waals surface area contributed by atoms with Gasteiger partial charge in [0.2, 0.25) is 0 Å². The van der Waals surface area contributed by atoms with Crippen molar-refractivity contribution < 1.29 is 0 Å². The fourth-order valence-corrected chi connectivity index (χ4v) is 1.64. The van der Waals surface area contributed by atoms with Gasteiger partial charge < -0.3 is 0 Å². The summed E-state index contributed by atoms with van der Waals surface area (Å²) in [7, 11) is 0. The maximum atomic E-state index is 2.19. The Morgan fingerprint density at radius 3 is 2.75 bits per heavy atom. The first-order chi connectivity index (χ1) is 5.88. The molecule has 1 heteroatoms. The van der Waals surface area contributed by atoms with Gasteiger partial charge >= 0.3 is 0 Å². The van der Waals surface area contributed by atoms with E-state index in [9.17, 15) is 0 Å². The molecule has 0 nitrogen and oxygen atoms in total. The van der Waals surface area contributed by atoms with Gasteiger partial charge in [-0.2, -0.15) is 0 Å². The largest absolute Gasteiger partial charge is 0.129 e. The van der Waals surface area contributed by atoms with Crippen molar-refractivity contribution in [3.8, 4) is 0 Å². The molecule has 0 fully saturated rings. The van der Waals surface area contributed by atoms with Gasteiger partial charge in [-0.1, -0.05) is 37.3 Å². The lowest BCUT2D eigenvalue weighted by molar-refractivity contribution is 1.23. The third-order valence-corrected chi connectivity index (χ3v) is 2.48. The van der Waals surface area contributed by atoms with Gasteiger partial charge in [0.15, 0.2) is 0 Å². The van der Waals surface area contributed by atoms with Crippen molar-refractivity contribution in [2.75, 3.05) is 6.26 Å². The molecular weight excluding hydrogens is 164 g/mol. The lowest BCUT2D eigenvalue weighted by Crippen LogP contribution is -1.76. The van der Waals surface area contributed by atoms with Gasteiger partial charge in [0.1, 0.15) is 0 Å². The molecule has 0 amide bonds. The molecule has 0 heterocycles. The summed E-state index contributed by atoms with van der Waals surface area (Å²) in [5.41, 5.74) is 1.33. The first-order valence-corrected chi connectivity index (χ1v) is 5.40. The second-order valence-electron chi connectivity index (χ2n) is 2.55. The summed E-state index contributed by atoms with van der Waals surface area (Å²) in [6.07, 6.45) is 7.59. The van der Waals surface area contributed by atoms with Crippen LogP contribution in [0.2, 0.25) is 0 Å². The van der Waals surface area contributed by atoms with Crippen molar-refractivity contribution in [1.82, 2.24) is 0 Å². The zero-order valence-corrected chi connectivity index (χ0v) is 8.40. The molecule has 0 unspecified atom stereocenters. The van der Waals surface area contributed by atoms with Crippen LogP contribution in [-0.4, -0.2) is 6.26 Å². The Morgan fingerprint density at radius 1 is 1.33 bits per heavy atom. The van der Waals surface area contributed by atoms with E-state index >= 15 is 0 Å². The van der Waals surface area contributed by atoms with Gasteiger partial charge in [-0.25, -0.2) is 0 Å². The zero-order chi connectivity index (χ0) is 8.81. The normalized spacial score (nSPS) is 10.8. The molecule has 0 spiro atoms. The van der Waals surface area contributed by atoms with Crippen LogP contribution in [-0.2, 0) is 0 Å². The van der Waals surface area contributed by atoms with Gasteiger partial charge in [0, 0.05) is 4.90 Å². The lowest BCUT2D eigenvalue weighted by Gasteiger charge is -2.00. The maximum Gasteiger partial charge on any atom is 0.0141 e. The highest BCUT2D eigenvalue weighted by Gasteiger charge is 1.93. The number of hydrogen-bond donors (Lipinski definition) is 0. The molecule has 0 saturated heterocycles. The smallest absolute Gasteiger partial charge is 0.0141 e. The molecule has 64 valence electrons. The van der Waals surface area contributed by atoms with Crippen LogP contribution in [0.3, 0.4) is 0 Å². The Kier molecular flexibility index (Phi) is 3.95. The Hall–Kier alpha value is -0.690. The third kappa shape index (κ3) is 2.42. The minimum Gasteiger partial charge on any atom is -0.129 e. The molecule has 12 heavy (non-hydrogen) atoms. The van der Waals surface area contributed by atoms with E-state index in [4.69, 9.17) is 0 Å². The molecule has 0 N–H and O–H groups in total. The first kappa shape index (κ1) is 9.40. The Morgan fingerprint density at radius 2 is 2.08 bits per heavy atom. The molecule has 0 aromatic heterocycles. The highest BCUT2D eigenvalue weighted by atomic mass is 32.2. The summed E-state index contributed by atoms with van der Waals surface area (Å²) in [6.45, 7) is 2.15. The Balaban J connectivity index is 2.89. The Labute approximate surface area is 78.7 Å². The summed E-state index contributed by atoms with van der Waals surface area (Å²) in [4.78, 5) is 1.35. The van der Waals surface area contributed by atoms with E-state index in [1.54, 1.807) is 11.8 Å². The number of allylic oxidation sites excluding steroid dienone is 1. The summed E-state index contributed by atoms with van der Waals surface area (Å²) >= 11 is 1.79. The minimum atomic E-state index is 1.10.